The molecule has 0 bridgehead atoms. The van der Waals surface area contributed by atoms with Crippen LogP contribution in [-0.4, -0.2) is 36.6 Å². The topological polar surface area (TPSA) is 92.9 Å². The molecule has 0 saturated heterocycles. The maximum atomic E-state index is 11.1. The second-order valence-electron chi connectivity index (χ2n) is 4.55. The van der Waals surface area contributed by atoms with Crippen molar-refractivity contribution in [3.63, 3.8) is 0 Å². The van der Waals surface area contributed by atoms with E-state index in [-0.39, 0.29) is 11.7 Å². The van der Waals surface area contributed by atoms with E-state index >= 15 is 0 Å². The van der Waals surface area contributed by atoms with E-state index in [1.807, 2.05) is 0 Å². The van der Waals surface area contributed by atoms with Gasteiger partial charge in [0, 0.05) is 31.4 Å². The van der Waals surface area contributed by atoms with Crippen LogP contribution in [0.5, 0.6) is 0 Å². The smallest absolute Gasteiger partial charge is 0.358 e. The minimum Gasteiger partial charge on any atom is -0.476 e. The van der Waals surface area contributed by atoms with Gasteiger partial charge in [0.15, 0.2) is 11.5 Å². The van der Waals surface area contributed by atoms with Crippen LogP contribution in [0.25, 0.3) is 0 Å². The third kappa shape index (κ3) is 2.38. The Labute approximate surface area is 123 Å². The number of halogens is 1. The maximum Gasteiger partial charge on any atom is 0.358 e. The maximum absolute atomic E-state index is 11.1. The largest absolute Gasteiger partial charge is 0.476 e. The molecule has 2 aromatic heterocycles. The zero-order valence-electron chi connectivity index (χ0n) is 10.5. The lowest BCUT2D eigenvalue weighted by Crippen LogP contribution is -2.32. The summed E-state index contributed by atoms with van der Waals surface area (Å²) in [4.78, 5) is 23.3. The normalized spacial score (nSPS) is 17.6. The molecular formula is C12H12BrN5O2. The molecule has 0 amide bonds. The van der Waals surface area contributed by atoms with Gasteiger partial charge < -0.3 is 15.0 Å². The first-order valence-corrected chi connectivity index (χ1v) is 6.95. The minimum atomic E-state index is -1.08. The van der Waals surface area contributed by atoms with Gasteiger partial charge in [-0.1, -0.05) is 0 Å². The molecule has 0 fully saturated rings. The van der Waals surface area contributed by atoms with Crippen LogP contribution in [0.1, 0.15) is 22.7 Å². The van der Waals surface area contributed by atoms with E-state index in [9.17, 15) is 4.79 Å². The number of aromatic nitrogens is 4. The fourth-order valence-corrected chi connectivity index (χ4v) is 2.76. The van der Waals surface area contributed by atoms with Crippen molar-refractivity contribution in [3.05, 3.63) is 34.7 Å². The Kier molecular flexibility index (Phi) is 3.39. The molecule has 3 heterocycles. The highest BCUT2D eigenvalue weighted by Crippen LogP contribution is 2.22. The first kappa shape index (κ1) is 13.0. The molecule has 0 saturated carbocycles. The predicted molar refractivity (Wildman–Crippen MR) is 74.7 cm³/mol. The molecule has 1 aliphatic heterocycles. The molecule has 0 aromatic carbocycles. The molecule has 7 nitrogen and oxygen atoms in total. The second-order valence-corrected chi connectivity index (χ2v) is 5.36. The number of rotatable bonds is 3. The van der Waals surface area contributed by atoms with Gasteiger partial charge in [-0.3, -0.25) is 0 Å². The Morgan fingerprint density at radius 2 is 2.20 bits per heavy atom. The van der Waals surface area contributed by atoms with Crippen molar-refractivity contribution in [3.8, 4) is 0 Å². The number of carboxylic acids is 1. The summed E-state index contributed by atoms with van der Waals surface area (Å²) in [7, 11) is 0. The van der Waals surface area contributed by atoms with Gasteiger partial charge in [0.25, 0.3) is 0 Å². The van der Waals surface area contributed by atoms with Gasteiger partial charge in [0.2, 0.25) is 0 Å². The molecule has 2 aromatic rings. The molecule has 0 aliphatic carbocycles. The number of nitrogens with zero attached hydrogens (tertiary/aromatic N) is 4. The van der Waals surface area contributed by atoms with Crippen LogP contribution >= 0.6 is 15.9 Å². The summed E-state index contributed by atoms with van der Waals surface area (Å²) in [5, 5.41) is 12.3. The van der Waals surface area contributed by atoms with Gasteiger partial charge in [0.05, 0.1) is 6.20 Å². The third-order valence-electron chi connectivity index (χ3n) is 3.25. The number of hydrogen-bond acceptors (Lipinski definition) is 5. The number of aromatic carboxylic acids is 1. The van der Waals surface area contributed by atoms with E-state index in [0.29, 0.717) is 12.4 Å². The van der Waals surface area contributed by atoms with Crippen molar-refractivity contribution in [2.24, 2.45) is 0 Å². The van der Waals surface area contributed by atoms with Crippen molar-refractivity contribution in [1.82, 2.24) is 19.5 Å². The number of aryl methyl sites for hydroxylation is 1. The van der Waals surface area contributed by atoms with Crippen LogP contribution in [0.3, 0.4) is 0 Å². The Morgan fingerprint density at radius 1 is 1.40 bits per heavy atom. The standard InChI is InChI=1S/C12H12BrN5O2/c13-8-5-16-9-2-1-7(6-18(8)9)17-11-10(12(19)20)14-3-4-15-11/h3-5,7H,1-2,6H2,(H,15,17)(H,19,20). The molecule has 1 aliphatic rings. The first-order valence-electron chi connectivity index (χ1n) is 6.16. The van der Waals surface area contributed by atoms with Crippen LogP contribution in [0.15, 0.2) is 23.2 Å². The molecule has 0 spiro atoms. The fraction of sp³-hybridized carbons (Fsp3) is 0.333. The van der Waals surface area contributed by atoms with Crippen LogP contribution in [0, 0.1) is 0 Å². The van der Waals surface area contributed by atoms with Crippen LogP contribution in [0.4, 0.5) is 5.82 Å². The summed E-state index contributed by atoms with van der Waals surface area (Å²) < 4.78 is 2.99. The van der Waals surface area contributed by atoms with E-state index in [4.69, 9.17) is 5.11 Å². The number of carboxylic acid groups (broad SMARTS) is 1. The van der Waals surface area contributed by atoms with Gasteiger partial charge in [0.1, 0.15) is 10.4 Å². The van der Waals surface area contributed by atoms with E-state index in [1.54, 1.807) is 6.20 Å². The molecule has 1 atom stereocenters. The van der Waals surface area contributed by atoms with Crippen molar-refractivity contribution in [2.75, 3.05) is 5.32 Å². The predicted octanol–water partition coefficient (Wildman–Crippen LogP) is 1.56. The lowest BCUT2D eigenvalue weighted by Gasteiger charge is -2.26. The molecule has 2 N–H and O–H groups in total. The summed E-state index contributed by atoms with van der Waals surface area (Å²) in [6, 6.07) is 0.0998. The van der Waals surface area contributed by atoms with Crippen molar-refractivity contribution < 1.29 is 9.90 Å². The molecule has 1 unspecified atom stereocenters. The van der Waals surface area contributed by atoms with E-state index in [1.165, 1.54) is 12.4 Å². The van der Waals surface area contributed by atoms with E-state index in [0.717, 1.165) is 23.3 Å². The molecular weight excluding hydrogens is 326 g/mol. The average Bonchev–Trinajstić information content (AvgIpc) is 2.81. The molecule has 8 heteroatoms. The summed E-state index contributed by atoms with van der Waals surface area (Å²) in [6.45, 7) is 0.714. The summed E-state index contributed by atoms with van der Waals surface area (Å²) in [5.41, 5.74) is -0.0528. The monoisotopic (exact) mass is 337 g/mol. The molecule has 20 heavy (non-hydrogen) atoms. The molecule has 0 radical (unpaired) electrons. The van der Waals surface area contributed by atoms with Crippen molar-refractivity contribution >= 4 is 27.7 Å². The number of fused-ring (bicyclic) bond motifs is 1. The second kappa shape index (κ2) is 5.20. The Balaban J connectivity index is 1.80. The van der Waals surface area contributed by atoms with Gasteiger partial charge in [-0.05, 0) is 22.4 Å². The van der Waals surface area contributed by atoms with E-state index in [2.05, 4.69) is 40.8 Å². The van der Waals surface area contributed by atoms with Crippen molar-refractivity contribution in [1.29, 1.82) is 0 Å². The van der Waals surface area contributed by atoms with Gasteiger partial charge in [-0.25, -0.2) is 19.7 Å². The Hall–Kier alpha value is -1.96. The number of nitrogens with one attached hydrogen (secondary N) is 1. The highest BCUT2D eigenvalue weighted by Gasteiger charge is 2.23. The molecule has 3 rings (SSSR count). The fourth-order valence-electron chi connectivity index (χ4n) is 2.31. The number of hydrogen-bond donors (Lipinski definition) is 2. The van der Waals surface area contributed by atoms with Crippen LogP contribution < -0.4 is 5.32 Å². The first-order chi connectivity index (χ1) is 9.65. The van der Waals surface area contributed by atoms with Gasteiger partial charge >= 0.3 is 5.97 Å². The number of carbonyl (C=O) groups is 1. The minimum absolute atomic E-state index is 0.0528. The van der Waals surface area contributed by atoms with E-state index < -0.39 is 5.97 Å². The lowest BCUT2D eigenvalue weighted by atomic mass is 10.1. The quantitative estimate of drug-likeness (QED) is 0.882. The Morgan fingerprint density at radius 3 is 3.00 bits per heavy atom. The molecule has 104 valence electrons. The highest BCUT2D eigenvalue weighted by molar-refractivity contribution is 9.10. The van der Waals surface area contributed by atoms with Crippen LogP contribution in [0.2, 0.25) is 0 Å². The van der Waals surface area contributed by atoms with Gasteiger partial charge in [-0.15, -0.1) is 0 Å². The summed E-state index contributed by atoms with van der Waals surface area (Å²) in [6.07, 6.45) is 6.35. The summed E-state index contributed by atoms with van der Waals surface area (Å²) >= 11 is 3.45. The van der Waals surface area contributed by atoms with Crippen LogP contribution in [-0.2, 0) is 13.0 Å². The zero-order valence-corrected chi connectivity index (χ0v) is 12.0. The SMILES string of the molecule is O=C(O)c1nccnc1NC1CCc2ncc(Br)n2C1. The highest BCUT2D eigenvalue weighted by atomic mass is 79.9. The number of anilines is 1. The zero-order chi connectivity index (χ0) is 14.1. The van der Waals surface area contributed by atoms with Gasteiger partial charge in [-0.2, -0.15) is 0 Å². The number of imidazole rings is 1. The Bertz CT molecular complexity index is 657. The summed E-state index contributed by atoms with van der Waals surface area (Å²) in [5.74, 6) is 0.262. The third-order valence-corrected chi connectivity index (χ3v) is 3.88. The van der Waals surface area contributed by atoms with Crippen molar-refractivity contribution in [2.45, 2.75) is 25.4 Å². The lowest BCUT2D eigenvalue weighted by molar-refractivity contribution is 0.0691. The average molecular weight is 338 g/mol.